The summed E-state index contributed by atoms with van der Waals surface area (Å²) in [6.45, 7) is 2.58. The van der Waals surface area contributed by atoms with E-state index in [9.17, 15) is 4.79 Å². The molecule has 0 aliphatic carbocycles. The van der Waals surface area contributed by atoms with Crippen LogP contribution in [0.1, 0.15) is 23.1 Å². The number of benzene rings is 1. The number of carbonyl (C=O) groups is 1. The molecule has 0 unspecified atom stereocenters. The van der Waals surface area contributed by atoms with Crippen LogP contribution in [0.15, 0.2) is 67.1 Å². The maximum atomic E-state index is 12.1. The largest absolute Gasteiger partial charge is 0.352 e. The predicted molar refractivity (Wildman–Crippen MR) is 98.8 cm³/mol. The van der Waals surface area contributed by atoms with Gasteiger partial charge in [0.05, 0.1) is 5.69 Å². The van der Waals surface area contributed by atoms with Gasteiger partial charge in [-0.1, -0.05) is 24.3 Å². The summed E-state index contributed by atoms with van der Waals surface area (Å²) >= 11 is 0. The summed E-state index contributed by atoms with van der Waals surface area (Å²) in [6, 6.07) is 15.9. The quantitative estimate of drug-likeness (QED) is 0.749. The highest BCUT2D eigenvalue weighted by Crippen LogP contribution is 2.16. The fraction of sp³-hybridized carbons (Fsp3) is 0.190. The number of hydrogen-bond acceptors (Lipinski definition) is 3. The van der Waals surface area contributed by atoms with E-state index in [1.807, 2.05) is 36.4 Å². The summed E-state index contributed by atoms with van der Waals surface area (Å²) in [5.74, 6) is 0.0607. The Kier molecular flexibility index (Phi) is 5.52. The van der Waals surface area contributed by atoms with E-state index < -0.39 is 0 Å². The average Bonchev–Trinajstić information content (AvgIpc) is 2.67. The second-order valence-electron chi connectivity index (χ2n) is 5.99. The van der Waals surface area contributed by atoms with Crippen molar-refractivity contribution in [2.24, 2.45) is 0 Å². The van der Waals surface area contributed by atoms with Crippen molar-refractivity contribution in [3.05, 3.63) is 83.8 Å². The Balaban J connectivity index is 1.55. The van der Waals surface area contributed by atoms with Crippen molar-refractivity contribution in [1.82, 2.24) is 15.3 Å². The SMILES string of the molecule is Cc1ccccc1CCC(=O)NCc1ccnc(-c2ccncc2)c1. The average molecular weight is 331 g/mol. The number of amides is 1. The summed E-state index contributed by atoms with van der Waals surface area (Å²) in [6.07, 6.45) is 6.52. The summed E-state index contributed by atoms with van der Waals surface area (Å²) in [7, 11) is 0. The molecule has 0 atom stereocenters. The van der Waals surface area contributed by atoms with Gasteiger partial charge >= 0.3 is 0 Å². The summed E-state index contributed by atoms with van der Waals surface area (Å²) in [5, 5.41) is 2.99. The van der Waals surface area contributed by atoms with Crippen LogP contribution < -0.4 is 5.32 Å². The topological polar surface area (TPSA) is 54.9 Å². The molecule has 0 aliphatic heterocycles. The number of aromatic nitrogens is 2. The third kappa shape index (κ3) is 4.73. The standard InChI is InChI=1S/C21H21N3O/c1-16-4-2-3-5-18(16)6-7-21(25)24-15-17-8-13-23-20(14-17)19-9-11-22-12-10-19/h2-5,8-14H,6-7,15H2,1H3,(H,24,25). The van der Waals surface area contributed by atoms with Crippen molar-refractivity contribution in [1.29, 1.82) is 0 Å². The Morgan fingerprint density at radius 1 is 1.04 bits per heavy atom. The van der Waals surface area contributed by atoms with Gasteiger partial charge in [-0.2, -0.15) is 0 Å². The van der Waals surface area contributed by atoms with Crippen LogP contribution in [0.25, 0.3) is 11.3 Å². The first-order chi connectivity index (χ1) is 12.2. The lowest BCUT2D eigenvalue weighted by molar-refractivity contribution is -0.121. The number of rotatable bonds is 6. The number of nitrogens with one attached hydrogen (secondary N) is 1. The molecule has 25 heavy (non-hydrogen) atoms. The Labute approximate surface area is 148 Å². The molecule has 0 bridgehead atoms. The van der Waals surface area contributed by atoms with Crippen LogP contribution in [0, 0.1) is 6.92 Å². The van der Waals surface area contributed by atoms with Gasteiger partial charge in [-0.05, 0) is 54.3 Å². The summed E-state index contributed by atoms with van der Waals surface area (Å²) < 4.78 is 0. The first-order valence-electron chi connectivity index (χ1n) is 8.39. The molecular formula is C21H21N3O. The van der Waals surface area contributed by atoms with E-state index in [4.69, 9.17) is 0 Å². The molecule has 2 heterocycles. The van der Waals surface area contributed by atoms with Crippen LogP contribution in [0.2, 0.25) is 0 Å². The molecule has 1 N–H and O–H groups in total. The van der Waals surface area contributed by atoms with Crippen molar-refractivity contribution >= 4 is 5.91 Å². The Morgan fingerprint density at radius 2 is 1.84 bits per heavy atom. The van der Waals surface area contributed by atoms with E-state index in [0.717, 1.165) is 23.2 Å². The molecule has 3 aromatic rings. The molecule has 126 valence electrons. The van der Waals surface area contributed by atoms with Crippen molar-refractivity contribution in [3.8, 4) is 11.3 Å². The first-order valence-corrected chi connectivity index (χ1v) is 8.39. The Bertz CT molecular complexity index is 847. The van der Waals surface area contributed by atoms with Gasteiger partial charge in [-0.25, -0.2) is 0 Å². The summed E-state index contributed by atoms with van der Waals surface area (Å²) in [5.41, 5.74) is 5.39. The molecule has 0 spiro atoms. The van der Waals surface area contributed by atoms with Gasteiger partial charge in [0.15, 0.2) is 0 Å². The predicted octanol–water partition coefficient (Wildman–Crippen LogP) is 3.70. The first kappa shape index (κ1) is 16.8. The maximum absolute atomic E-state index is 12.1. The van der Waals surface area contributed by atoms with Crippen LogP contribution in [0.4, 0.5) is 0 Å². The fourth-order valence-electron chi connectivity index (χ4n) is 2.69. The molecule has 2 aromatic heterocycles. The number of carbonyl (C=O) groups excluding carboxylic acids is 1. The lowest BCUT2D eigenvalue weighted by Crippen LogP contribution is -2.23. The van der Waals surface area contributed by atoms with E-state index in [-0.39, 0.29) is 5.91 Å². The van der Waals surface area contributed by atoms with Gasteiger partial charge < -0.3 is 5.32 Å². The molecule has 1 amide bonds. The molecule has 4 heteroatoms. The Hall–Kier alpha value is -3.01. The van der Waals surface area contributed by atoms with Crippen molar-refractivity contribution < 1.29 is 4.79 Å². The fourth-order valence-corrected chi connectivity index (χ4v) is 2.69. The van der Waals surface area contributed by atoms with Crippen molar-refractivity contribution in [2.45, 2.75) is 26.3 Å². The zero-order valence-corrected chi connectivity index (χ0v) is 14.3. The zero-order valence-electron chi connectivity index (χ0n) is 14.3. The second kappa shape index (κ2) is 8.20. The van der Waals surface area contributed by atoms with Crippen molar-refractivity contribution in [2.75, 3.05) is 0 Å². The van der Waals surface area contributed by atoms with Gasteiger partial charge in [0, 0.05) is 37.1 Å². The minimum Gasteiger partial charge on any atom is -0.352 e. The molecule has 1 aromatic carbocycles. The lowest BCUT2D eigenvalue weighted by Gasteiger charge is -2.08. The lowest BCUT2D eigenvalue weighted by atomic mass is 10.0. The molecule has 0 fully saturated rings. The van der Waals surface area contributed by atoms with E-state index >= 15 is 0 Å². The Morgan fingerprint density at radius 3 is 2.64 bits per heavy atom. The minimum absolute atomic E-state index is 0.0607. The molecule has 0 saturated carbocycles. The van der Waals surface area contributed by atoms with Crippen molar-refractivity contribution in [3.63, 3.8) is 0 Å². The van der Waals surface area contributed by atoms with Crippen LogP contribution >= 0.6 is 0 Å². The molecule has 3 rings (SSSR count). The molecular weight excluding hydrogens is 310 g/mol. The van der Waals surface area contributed by atoms with Gasteiger partial charge in [0.2, 0.25) is 5.91 Å². The van der Waals surface area contributed by atoms with Gasteiger partial charge in [-0.3, -0.25) is 14.8 Å². The number of hydrogen-bond donors (Lipinski definition) is 1. The molecule has 0 aliphatic rings. The monoisotopic (exact) mass is 331 g/mol. The van der Waals surface area contributed by atoms with Crippen LogP contribution in [0.3, 0.4) is 0 Å². The van der Waals surface area contributed by atoms with Crippen LogP contribution in [-0.4, -0.2) is 15.9 Å². The third-order valence-electron chi connectivity index (χ3n) is 4.17. The minimum atomic E-state index is 0.0607. The van der Waals surface area contributed by atoms with Gasteiger partial charge in [-0.15, -0.1) is 0 Å². The molecule has 0 radical (unpaired) electrons. The molecule has 4 nitrogen and oxygen atoms in total. The highest BCUT2D eigenvalue weighted by Gasteiger charge is 2.05. The van der Waals surface area contributed by atoms with Gasteiger partial charge in [0.25, 0.3) is 0 Å². The normalized spacial score (nSPS) is 10.4. The smallest absolute Gasteiger partial charge is 0.220 e. The second-order valence-corrected chi connectivity index (χ2v) is 5.99. The maximum Gasteiger partial charge on any atom is 0.220 e. The van der Waals surface area contributed by atoms with Crippen LogP contribution in [0.5, 0.6) is 0 Å². The third-order valence-corrected chi connectivity index (χ3v) is 4.17. The number of aryl methyl sites for hydroxylation is 2. The van der Waals surface area contributed by atoms with Crippen LogP contribution in [-0.2, 0) is 17.8 Å². The van der Waals surface area contributed by atoms with Gasteiger partial charge in [0.1, 0.15) is 0 Å². The summed E-state index contributed by atoms with van der Waals surface area (Å²) in [4.78, 5) is 20.5. The van der Waals surface area contributed by atoms with E-state index in [0.29, 0.717) is 13.0 Å². The number of nitrogens with zero attached hydrogens (tertiary/aromatic N) is 2. The highest BCUT2D eigenvalue weighted by molar-refractivity contribution is 5.76. The number of pyridine rings is 2. The zero-order chi connectivity index (χ0) is 17.5. The van der Waals surface area contributed by atoms with E-state index in [1.54, 1.807) is 18.6 Å². The van der Waals surface area contributed by atoms with E-state index in [1.165, 1.54) is 11.1 Å². The van der Waals surface area contributed by atoms with E-state index in [2.05, 4.69) is 34.3 Å². The molecule has 0 saturated heterocycles. The highest BCUT2D eigenvalue weighted by atomic mass is 16.1.